The van der Waals surface area contributed by atoms with Gasteiger partial charge in [-0.3, -0.25) is 4.98 Å². The van der Waals surface area contributed by atoms with Crippen LogP contribution in [0.3, 0.4) is 0 Å². The Morgan fingerprint density at radius 3 is 2.31 bits per heavy atom. The quantitative estimate of drug-likeness (QED) is 0.710. The summed E-state index contributed by atoms with van der Waals surface area (Å²) in [4.78, 5) is 6.59. The minimum atomic E-state index is -3.60. The summed E-state index contributed by atoms with van der Waals surface area (Å²) in [5.74, 6) is -0.447. The van der Waals surface area contributed by atoms with E-state index in [0.717, 1.165) is 16.5 Å². The summed E-state index contributed by atoms with van der Waals surface area (Å²) in [6, 6.07) is 13.0. The number of hydrogen-bond donors (Lipinski definition) is 0. The maximum Gasteiger partial charge on any atom is 0.243 e. The van der Waals surface area contributed by atoms with E-state index in [-0.39, 0.29) is 4.90 Å². The molecule has 2 aromatic carbocycles. The van der Waals surface area contributed by atoms with Gasteiger partial charge in [-0.1, -0.05) is 24.3 Å². The van der Waals surface area contributed by atoms with Crippen molar-refractivity contribution in [3.8, 4) is 0 Å². The maximum absolute atomic E-state index is 13.1. The Labute approximate surface area is 151 Å². The number of halogens is 1. The number of hydrogen-bond acceptors (Lipinski definition) is 4. The summed E-state index contributed by atoms with van der Waals surface area (Å²) >= 11 is 0. The fourth-order valence-electron chi connectivity index (χ4n) is 3.28. The molecule has 2 heterocycles. The smallest absolute Gasteiger partial charge is 0.243 e. The highest BCUT2D eigenvalue weighted by Crippen LogP contribution is 2.27. The topological polar surface area (TPSA) is 53.5 Å². The molecule has 1 aliphatic rings. The van der Waals surface area contributed by atoms with Crippen LogP contribution >= 0.6 is 0 Å². The molecule has 134 valence electrons. The highest BCUT2D eigenvalue weighted by molar-refractivity contribution is 7.89. The normalized spacial score (nSPS) is 16.1. The third kappa shape index (κ3) is 3.04. The zero-order chi connectivity index (χ0) is 18.1. The van der Waals surface area contributed by atoms with Crippen molar-refractivity contribution < 1.29 is 12.8 Å². The molecule has 0 saturated carbocycles. The molecule has 0 aliphatic carbocycles. The second-order valence-corrected chi connectivity index (χ2v) is 8.16. The third-order valence-electron chi connectivity index (χ3n) is 4.68. The molecule has 3 aromatic rings. The van der Waals surface area contributed by atoms with Crippen molar-refractivity contribution in [1.82, 2.24) is 9.29 Å². The molecule has 0 spiro atoms. The average molecular weight is 371 g/mol. The lowest BCUT2D eigenvalue weighted by Crippen LogP contribution is -2.48. The van der Waals surface area contributed by atoms with Crippen LogP contribution in [0.2, 0.25) is 0 Å². The van der Waals surface area contributed by atoms with Gasteiger partial charge in [-0.25, -0.2) is 12.8 Å². The number of piperazine rings is 1. The Balaban J connectivity index is 1.54. The lowest BCUT2D eigenvalue weighted by molar-refractivity contribution is 0.385. The van der Waals surface area contributed by atoms with Crippen molar-refractivity contribution in [1.29, 1.82) is 0 Å². The van der Waals surface area contributed by atoms with Crippen LogP contribution < -0.4 is 4.90 Å². The van der Waals surface area contributed by atoms with E-state index in [4.69, 9.17) is 0 Å². The van der Waals surface area contributed by atoms with Gasteiger partial charge in [0.05, 0.1) is 16.8 Å². The van der Waals surface area contributed by atoms with Crippen molar-refractivity contribution in [3.63, 3.8) is 0 Å². The largest absolute Gasteiger partial charge is 0.367 e. The summed E-state index contributed by atoms with van der Waals surface area (Å²) in [7, 11) is -3.60. The molecular weight excluding hydrogens is 353 g/mol. The van der Waals surface area contributed by atoms with Gasteiger partial charge in [0, 0.05) is 43.1 Å². The molecule has 0 atom stereocenters. The minimum absolute atomic E-state index is 0.124. The van der Waals surface area contributed by atoms with Gasteiger partial charge < -0.3 is 4.90 Å². The molecule has 1 saturated heterocycles. The first-order valence-electron chi connectivity index (χ1n) is 8.39. The number of fused-ring (bicyclic) bond motifs is 1. The summed E-state index contributed by atoms with van der Waals surface area (Å²) in [6.07, 6.45) is 3.65. The van der Waals surface area contributed by atoms with Gasteiger partial charge in [0.2, 0.25) is 10.0 Å². The predicted octanol–water partition coefficient (Wildman–Crippen LogP) is 2.88. The summed E-state index contributed by atoms with van der Waals surface area (Å²) in [6.45, 7) is 1.91. The molecule has 7 heteroatoms. The maximum atomic E-state index is 13.1. The van der Waals surface area contributed by atoms with Gasteiger partial charge in [-0.2, -0.15) is 4.31 Å². The molecule has 0 amide bonds. The van der Waals surface area contributed by atoms with Crippen molar-refractivity contribution in [2.24, 2.45) is 0 Å². The molecule has 5 nitrogen and oxygen atoms in total. The Kier molecular flexibility index (Phi) is 4.34. The molecule has 26 heavy (non-hydrogen) atoms. The van der Waals surface area contributed by atoms with E-state index in [0.29, 0.717) is 26.2 Å². The zero-order valence-corrected chi connectivity index (χ0v) is 14.9. The third-order valence-corrected chi connectivity index (χ3v) is 6.59. The van der Waals surface area contributed by atoms with Crippen LogP contribution in [0, 0.1) is 5.82 Å². The van der Waals surface area contributed by atoms with Crippen LogP contribution in [-0.2, 0) is 10.0 Å². The number of anilines is 1. The Hall–Kier alpha value is -2.51. The van der Waals surface area contributed by atoms with Gasteiger partial charge in [-0.15, -0.1) is 0 Å². The van der Waals surface area contributed by atoms with Gasteiger partial charge >= 0.3 is 0 Å². The molecule has 0 bridgehead atoms. The van der Waals surface area contributed by atoms with Crippen LogP contribution in [0.1, 0.15) is 0 Å². The van der Waals surface area contributed by atoms with E-state index in [1.54, 1.807) is 0 Å². The first kappa shape index (κ1) is 16.9. The number of sulfonamides is 1. The lowest BCUT2D eigenvalue weighted by Gasteiger charge is -2.35. The van der Waals surface area contributed by atoms with Gasteiger partial charge in [0.25, 0.3) is 0 Å². The standard InChI is InChI=1S/C19H18FN3O2S/c20-16-5-7-17(8-6-16)26(24,25)23-11-9-22(10-12-23)19-14-21-13-15-3-1-2-4-18(15)19/h1-8,13-14H,9-12H2. The molecule has 1 aliphatic heterocycles. The molecule has 0 radical (unpaired) electrons. The Morgan fingerprint density at radius 1 is 0.885 bits per heavy atom. The van der Waals surface area contributed by atoms with Crippen molar-refractivity contribution in [3.05, 3.63) is 66.7 Å². The molecule has 0 unspecified atom stereocenters. The van der Waals surface area contributed by atoms with E-state index in [1.807, 2.05) is 36.7 Å². The van der Waals surface area contributed by atoms with E-state index < -0.39 is 15.8 Å². The highest BCUT2D eigenvalue weighted by atomic mass is 32.2. The number of pyridine rings is 1. The lowest BCUT2D eigenvalue weighted by atomic mass is 10.1. The zero-order valence-electron chi connectivity index (χ0n) is 14.0. The minimum Gasteiger partial charge on any atom is -0.367 e. The van der Waals surface area contributed by atoms with Crippen molar-refractivity contribution in [2.45, 2.75) is 4.90 Å². The first-order valence-corrected chi connectivity index (χ1v) is 9.83. The van der Waals surface area contributed by atoms with E-state index in [2.05, 4.69) is 9.88 Å². The van der Waals surface area contributed by atoms with Gasteiger partial charge in [0.15, 0.2) is 0 Å². The molecular formula is C19H18FN3O2S. The van der Waals surface area contributed by atoms with Crippen LogP contribution in [0.25, 0.3) is 10.8 Å². The molecule has 1 fully saturated rings. The number of benzene rings is 2. The number of nitrogens with zero attached hydrogens (tertiary/aromatic N) is 3. The number of rotatable bonds is 3. The van der Waals surface area contributed by atoms with Crippen LogP contribution in [0.15, 0.2) is 65.8 Å². The van der Waals surface area contributed by atoms with Gasteiger partial charge in [0.1, 0.15) is 5.82 Å². The fourth-order valence-corrected chi connectivity index (χ4v) is 4.70. The van der Waals surface area contributed by atoms with E-state index in [9.17, 15) is 12.8 Å². The Bertz CT molecular complexity index is 1020. The van der Waals surface area contributed by atoms with Crippen molar-refractivity contribution in [2.75, 3.05) is 31.1 Å². The average Bonchev–Trinajstić information content (AvgIpc) is 2.68. The molecule has 4 rings (SSSR count). The predicted molar refractivity (Wildman–Crippen MR) is 99.1 cm³/mol. The second-order valence-electron chi connectivity index (χ2n) is 6.22. The summed E-state index contributed by atoms with van der Waals surface area (Å²) < 4.78 is 40.0. The Morgan fingerprint density at radius 2 is 1.58 bits per heavy atom. The monoisotopic (exact) mass is 371 g/mol. The SMILES string of the molecule is O=S(=O)(c1ccc(F)cc1)N1CCN(c2cncc3ccccc23)CC1. The fraction of sp³-hybridized carbons (Fsp3) is 0.211. The molecule has 1 aromatic heterocycles. The first-order chi connectivity index (χ1) is 12.6. The van der Waals surface area contributed by atoms with E-state index >= 15 is 0 Å². The van der Waals surface area contributed by atoms with Crippen LogP contribution in [0.5, 0.6) is 0 Å². The highest BCUT2D eigenvalue weighted by Gasteiger charge is 2.29. The summed E-state index contributed by atoms with van der Waals surface area (Å²) in [5.41, 5.74) is 1.02. The van der Waals surface area contributed by atoms with Crippen molar-refractivity contribution >= 4 is 26.5 Å². The summed E-state index contributed by atoms with van der Waals surface area (Å²) in [5, 5.41) is 2.17. The van der Waals surface area contributed by atoms with Crippen LogP contribution in [0.4, 0.5) is 10.1 Å². The van der Waals surface area contributed by atoms with Gasteiger partial charge in [-0.05, 0) is 24.3 Å². The van der Waals surface area contributed by atoms with E-state index in [1.165, 1.54) is 28.6 Å². The molecule has 0 N–H and O–H groups in total. The number of aromatic nitrogens is 1. The second kappa shape index (κ2) is 6.66. The van der Waals surface area contributed by atoms with Crippen LogP contribution in [-0.4, -0.2) is 43.9 Å².